The van der Waals surface area contributed by atoms with Crippen molar-refractivity contribution in [2.75, 3.05) is 6.61 Å². The van der Waals surface area contributed by atoms with Crippen molar-refractivity contribution < 1.29 is 30.0 Å². The Kier molecular flexibility index (Phi) is 18.1. The first kappa shape index (κ1) is 32.5. The van der Waals surface area contributed by atoms with E-state index >= 15 is 0 Å². The zero-order valence-corrected chi connectivity index (χ0v) is 21.3. The highest BCUT2D eigenvalue weighted by molar-refractivity contribution is 5.73. The van der Waals surface area contributed by atoms with E-state index in [1.165, 1.54) is 25.7 Å². The monoisotopic (exact) mass is 456 g/mol. The first-order chi connectivity index (χ1) is 15.0. The SMILES string of the molecule is CC.CCC(C)(C)C(=O)O.CCC1C(C)C=CC2=CCCCC21.O=C(O)CC(O)CCO. The summed E-state index contributed by atoms with van der Waals surface area (Å²) in [5.41, 5.74) is 1.09. The Bertz CT molecular complexity index is 579. The Hall–Kier alpha value is -1.66. The lowest BCUT2D eigenvalue weighted by Gasteiger charge is -2.36. The molecule has 0 spiro atoms. The third-order valence-electron chi connectivity index (χ3n) is 6.12. The van der Waals surface area contributed by atoms with E-state index in [0.717, 1.165) is 17.8 Å². The standard InChI is InChI=1S/C13H20.C6H12O2.C5H10O4.C2H6/c1-3-12-10(2)8-9-11-6-4-5-7-13(11)12;1-4-6(2,3)5(7)8;6-2-1-4(7)3-5(8)9;1-2/h6,8-10,12-13H,3-5,7H2,1-2H3;4H2,1-3H3,(H,7,8);4,6-7H,1-3H2,(H,8,9);1-2H3. The normalized spacial score (nSPS) is 22.3. The molecule has 0 fully saturated rings. The highest BCUT2D eigenvalue weighted by Gasteiger charge is 2.30. The quantitative estimate of drug-likeness (QED) is 0.391. The fraction of sp³-hybridized carbons (Fsp3) is 0.769. The van der Waals surface area contributed by atoms with Gasteiger partial charge in [0.25, 0.3) is 0 Å². The highest BCUT2D eigenvalue weighted by Crippen LogP contribution is 2.41. The molecule has 188 valence electrons. The lowest BCUT2D eigenvalue weighted by molar-refractivity contribution is -0.147. The largest absolute Gasteiger partial charge is 0.481 e. The van der Waals surface area contributed by atoms with Crippen LogP contribution in [0.15, 0.2) is 23.8 Å². The van der Waals surface area contributed by atoms with E-state index in [4.69, 9.17) is 20.4 Å². The van der Waals surface area contributed by atoms with Crippen molar-refractivity contribution in [3.63, 3.8) is 0 Å². The summed E-state index contributed by atoms with van der Waals surface area (Å²) in [5.74, 6) is 0.830. The van der Waals surface area contributed by atoms with Gasteiger partial charge in [-0.3, -0.25) is 9.59 Å². The number of aliphatic hydroxyl groups is 2. The van der Waals surface area contributed by atoms with E-state index < -0.39 is 23.5 Å². The number of carbonyl (C=O) groups is 2. The molecule has 4 N–H and O–H groups in total. The zero-order valence-electron chi connectivity index (χ0n) is 21.3. The number of rotatable bonds is 7. The molecule has 0 aromatic carbocycles. The van der Waals surface area contributed by atoms with Crippen LogP contribution in [0.4, 0.5) is 0 Å². The van der Waals surface area contributed by atoms with Crippen LogP contribution in [0.5, 0.6) is 0 Å². The molecule has 4 atom stereocenters. The van der Waals surface area contributed by atoms with Gasteiger partial charge in [-0.05, 0) is 69.3 Å². The molecule has 0 saturated heterocycles. The van der Waals surface area contributed by atoms with E-state index in [1.54, 1.807) is 19.4 Å². The van der Waals surface area contributed by atoms with Crippen LogP contribution in [-0.4, -0.2) is 45.1 Å². The average molecular weight is 457 g/mol. The molecule has 0 aromatic heterocycles. The minimum absolute atomic E-state index is 0.131. The summed E-state index contributed by atoms with van der Waals surface area (Å²) < 4.78 is 0. The number of allylic oxidation sites excluding steroid dienone is 4. The van der Waals surface area contributed by atoms with Gasteiger partial charge >= 0.3 is 11.9 Å². The summed E-state index contributed by atoms with van der Waals surface area (Å²) in [6.07, 6.45) is 12.3. The van der Waals surface area contributed by atoms with Crippen LogP contribution in [0.1, 0.15) is 93.4 Å². The molecule has 4 unspecified atom stereocenters. The second kappa shape index (κ2) is 17.8. The Labute approximate surface area is 195 Å². The lowest BCUT2D eigenvalue weighted by atomic mass is 9.69. The minimum Gasteiger partial charge on any atom is -0.481 e. The van der Waals surface area contributed by atoms with Gasteiger partial charge < -0.3 is 20.4 Å². The summed E-state index contributed by atoms with van der Waals surface area (Å²) in [5, 5.41) is 33.4. The summed E-state index contributed by atoms with van der Waals surface area (Å²) in [6, 6.07) is 0. The van der Waals surface area contributed by atoms with E-state index in [1.807, 2.05) is 20.8 Å². The maximum absolute atomic E-state index is 10.3. The van der Waals surface area contributed by atoms with Crippen molar-refractivity contribution in [3.05, 3.63) is 23.8 Å². The predicted octanol–water partition coefficient (Wildman–Crippen LogP) is 5.68. The fourth-order valence-electron chi connectivity index (χ4n) is 3.61. The lowest BCUT2D eigenvalue weighted by Crippen LogP contribution is -2.26. The van der Waals surface area contributed by atoms with Crippen molar-refractivity contribution in [2.24, 2.45) is 23.2 Å². The van der Waals surface area contributed by atoms with Crippen molar-refractivity contribution in [2.45, 2.75) is 99.5 Å². The van der Waals surface area contributed by atoms with Gasteiger partial charge in [0.05, 0.1) is 17.9 Å². The van der Waals surface area contributed by atoms with Crippen LogP contribution in [0.25, 0.3) is 0 Å². The molecule has 32 heavy (non-hydrogen) atoms. The van der Waals surface area contributed by atoms with Crippen molar-refractivity contribution >= 4 is 11.9 Å². The van der Waals surface area contributed by atoms with Gasteiger partial charge in [0.1, 0.15) is 0 Å². The molecule has 0 heterocycles. The van der Waals surface area contributed by atoms with E-state index in [-0.39, 0.29) is 19.4 Å². The minimum atomic E-state index is -1.05. The van der Waals surface area contributed by atoms with Crippen LogP contribution in [0.2, 0.25) is 0 Å². The molecule has 0 aromatic rings. The fourth-order valence-corrected chi connectivity index (χ4v) is 3.61. The van der Waals surface area contributed by atoms with E-state index in [0.29, 0.717) is 6.42 Å². The number of aliphatic carboxylic acids is 2. The first-order valence-corrected chi connectivity index (χ1v) is 12.1. The van der Waals surface area contributed by atoms with Gasteiger partial charge in [-0.1, -0.05) is 59.3 Å². The van der Waals surface area contributed by atoms with Crippen LogP contribution in [0.3, 0.4) is 0 Å². The van der Waals surface area contributed by atoms with Crippen LogP contribution >= 0.6 is 0 Å². The Balaban J connectivity index is 0. The summed E-state index contributed by atoms with van der Waals surface area (Å²) in [4.78, 5) is 20.1. The molecule has 2 rings (SSSR count). The number of aliphatic hydroxyl groups excluding tert-OH is 2. The molecular weight excluding hydrogens is 408 g/mol. The maximum Gasteiger partial charge on any atom is 0.309 e. The van der Waals surface area contributed by atoms with Crippen molar-refractivity contribution in [1.82, 2.24) is 0 Å². The number of carboxylic acids is 2. The molecule has 0 saturated carbocycles. The molecule has 0 radical (unpaired) electrons. The number of hydrogen-bond acceptors (Lipinski definition) is 4. The average Bonchev–Trinajstić information content (AvgIpc) is 2.75. The summed E-state index contributed by atoms with van der Waals surface area (Å²) >= 11 is 0. The van der Waals surface area contributed by atoms with Crippen molar-refractivity contribution in [1.29, 1.82) is 0 Å². The van der Waals surface area contributed by atoms with Crippen LogP contribution < -0.4 is 0 Å². The van der Waals surface area contributed by atoms with Gasteiger partial charge in [-0.2, -0.15) is 0 Å². The Morgan fingerprint density at radius 1 is 1.19 bits per heavy atom. The van der Waals surface area contributed by atoms with Gasteiger partial charge in [-0.25, -0.2) is 0 Å². The van der Waals surface area contributed by atoms with Crippen LogP contribution in [0, 0.1) is 23.2 Å². The number of hydrogen-bond donors (Lipinski definition) is 4. The van der Waals surface area contributed by atoms with Gasteiger partial charge in [0, 0.05) is 6.61 Å². The molecule has 0 bridgehead atoms. The Morgan fingerprint density at radius 3 is 2.19 bits per heavy atom. The highest BCUT2D eigenvalue weighted by atomic mass is 16.4. The zero-order chi connectivity index (χ0) is 25.3. The second-order valence-electron chi connectivity index (χ2n) is 8.84. The summed E-state index contributed by atoms with van der Waals surface area (Å²) in [6.45, 7) is 13.8. The maximum atomic E-state index is 10.3. The molecule has 0 amide bonds. The topological polar surface area (TPSA) is 115 Å². The molecule has 2 aliphatic rings. The number of carboxylic acid groups (broad SMARTS) is 2. The molecule has 2 aliphatic carbocycles. The van der Waals surface area contributed by atoms with Gasteiger partial charge in [0.2, 0.25) is 0 Å². The van der Waals surface area contributed by atoms with E-state index in [2.05, 4.69) is 32.1 Å². The van der Waals surface area contributed by atoms with Gasteiger partial charge in [-0.15, -0.1) is 0 Å². The molecular formula is C26H48O6. The third kappa shape index (κ3) is 13.0. The number of fused-ring (bicyclic) bond motifs is 1. The summed E-state index contributed by atoms with van der Waals surface area (Å²) in [7, 11) is 0. The molecule has 6 nitrogen and oxygen atoms in total. The van der Waals surface area contributed by atoms with E-state index in [9.17, 15) is 9.59 Å². The van der Waals surface area contributed by atoms with Crippen molar-refractivity contribution in [3.8, 4) is 0 Å². The smallest absolute Gasteiger partial charge is 0.309 e. The third-order valence-corrected chi connectivity index (χ3v) is 6.12. The second-order valence-corrected chi connectivity index (χ2v) is 8.84. The molecule has 0 aliphatic heterocycles. The first-order valence-electron chi connectivity index (χ1n) is 12.1. The van der Waals surface area contributed by atoms with Crippen LogP contribution in [-0.2, 0) is 9.59 Å². The Morgan fingerprint density at radius 2 is 1.78 bits per heavy atom. The molecule has 6 heteroatoms. The predicted molar refractivity (Wildman–Crippen MR) is 131 cm³/mol. The van der Waals surface area contributed by atoms with Gasteiger partial charge in [0.15, 0.2) is 0 Å².